The van der Waals surface area contributed by atoms with Crippen molar-refractivity contribution >= 4 is 5.97 Å². The quantitative estimate of drug-likeness (QED) is 0.835. The van der Waals surface area contributed by atoms with Gasteiger partial charge in [0.25, 0.3) is 0 Å². The van der Waals surface area contributed by atoms with Crippen molar-refractivity contribution < 1.29 is 28.8 Å². The lowest BCUT2D eigenvalue weighted by atomic mass is 9.88. The molecule has 2 aliphatic rings. The number of nitrogens with one attached hydrogen (secondary N) is 1. The molecule has 0 fully saturated rings. The second-order valence-electron chi connectivity index (χ2n) is 6.51. The number of rotatable bonds is 5. The monoisotopic (exact) mass is 371 g/mol. The molecule has 142 valence electrons. The molecule has 0 aromatic heterocycles. The summed E-state index contributed by atoms with van der Waals surface area (Å²) in [6, 6.07) is 7.52. The lowest BCUT2D eigenvalue weighted by Crippen LogP contribution is -2.31. The van der Waals surface area contributed by atoms with Crippen LogP contribution in [0.2, 0.25) is 0 Å². The van der Waals surface area contributed by atoms with Crippen LogP contribution in [-0.4, -0.2) is 38.6 Å². The average molecular weight is 371 g/mol. The number of methoxy groups -OCH3 is 2. The fraction of sp³-hybridized carbons (Fsp3) is 0.350. The molecule has 0 unspecified atom stereocenters. The summed E-state index contributed by atoms with van der Waals surface area (Å²) in [5.74, 6) is 1.10. The van der Waals surface area contributed by atoms with Gasteiger partial charge in [-0.2, -0.15) is 0 Å². The minimum absolute atomic E-state index is 0.0283. The van der Waals surface area contributed by atoms with Crippen LogP contribution in [0.25, 0.3) is 0 Å². The van der Waals surface area contributed by atoms with E-state index >= 15 is 0 Å². The molecule has 7 heteroatoms. The summed E-state index contributed by atoms with van der Waals surface area (Å²) in [5.41, 5.74) is 3.12. The van der Waals surface area contributed by atoms with Gasteiger partial charge in [-0.1, -0.05) is 6.07 Å². The second-order valence-corrected chi connectivity index (χ2v) is 6.51. The van der Waals surface area contributed by atoms with Crippen LogP contribution in [0.4, 0.5) is 0 Å². The zero-order chi connectivity index (χ0) is 19.0. The molecule has 2 aliphatic heterocycles. The molecule has 7 nitrogen and oxygen atoms in total. The molecule has 1 atom stereocenters. The summed E-state index contributed by atoms with van der Waals surface area (Å²) >= 11 is 0. The number of carboxylic acids is 1. The van der Waals surface area contributed by atoms with E-state index in [1.807, 2.05) is 12.1 Å². The van der Waals surface area contributed by atoms with Crippen LogP contribution in [0, 0.1) is 0 Å². The smallest absolute Gasteiger partial charge is 0.339 e. The number of ether oxygens (including phenoxy) is 4. The Hall–Kier alpha value is -2.93. The largest absolute Gasteiger partial charge is 0.493 e. The first-order chi connectivity index (χ1) is 13.1. The third-order valence-electron chi connectivity index (χ3n) is 5.06. The lowest BCUT2D eigenvalue weighted by Gasteiger charge is -2.28. The van der Waals surface area contributed by atoms with Crippen molar-refractivity contribution in [2.45, 2.75) is 18.9 Å². The lowest BCUT2D eigenvalue weighted by molar-refractivity contribution is 0.0691. The van der Waals surface area contributed by atoms with Crippen molar-refractivity contribution in [1.82, 2.24) is 5.32 Å². The van der Waals surface area contributed by atoms with Crippen molar-refractivity contribution in [3.05, 3.63) is 46.5 Å². The van der Waals surface area contributed by atoms with Crippen LogP contribution in [0.3, 0.4) is 0 Å². The summed E-state index contributed by atoms with van der Waals surface area (Å²) in [6.45, 7) is 1.04. The van der Waals surface area contributed by atoms with Gasteiger partial charge in [-0.25, -0.2) is 4.79 Å². The zero-order valence-corrected chi connectivity index (χ0v) is 15.2. The Morgan fingerprint density at radius 1 is 1.22 bits per heavy atom. The molecule has 2 heterocycles. The van der Waals surface area contributed by atoms with E-state index in [1.165, 1.54) is 19.8 Å². The van der Waals surface area contributed by atoms with E-state index in [1.54, 1.807) is 12.1 Å². The molecule has 0 amide bonds. The van der Waals surface area contributed by atoms with Crippen molar-refractivity contribution in [2.24, 2.45) is 0 Å². The van der Waals surface area contributed by atoms with Crippen LogP contribution in [0.1, 0.15) is 33.1 Å². The van der Waals surface area contributed by atoms with E-state index in [2.05, 4.69) is 5.32 Å². The fourth-order valence-corrected chi connectivity index (χ4v) is 3.81. The Morgan fingerprint density at radius 3 is 2.70 bits per heavy atom. The van der Waals surface area contributed by atoms with Crippen LogP contribution < -0.4 is 24.3 Å². The molecule has 2 aromatic carbocycles. The van der Waals surface area contributed by atoms with Crippen LogP contribution in [-0.2, 0) is 12.8 Å². The first kappa shape index (κ1) is 17.5. The summed E-state index contributed by atoms with van der Waals surface area (Å²) in [7, 11) is 2.94. The van der Waals surface area contributed by atoms with Gasteiger partial charge in [0, 0.05) is 6.04 Å². The van der Waals surface area contributed by atoms with E-state index in [0.29, 0.717) is 17.7 Å². The van der Waals surface area contributed by atoms with Gasteiger partial charge >= 0.3 is 5.97 Å². The Kier molecular flexibility index (Phi) is 4.53. The van der Waals surface area contributed by atoms with Gasteiger partial charge in [0.2, 0.25) is 6.79 Å². The maximum atomic E-state index is 11.9. The van der Waals surface area contributed by atoms with E-state index in [-0.39, 0.29) is 24.1 Å². The van der Waals surface area contributed by atoms with E-state index in [4.69, 9.17) is 18.9 Å². The molecule has 0 radical (unpaired) electrons. The van der Waals surface area contributed by atoms with Gasteiger partial charge in [0.15, 0.2) is 23.0 Å². The standard InChI is InChI=1S/C20H21NO6/c1-24-15-4-3-12(18(20(22)23)19(15)25-2)7-14-13-9-17-16(26-10-27-17)8-11(13)5-6-21-14/h3-4,8-9,14,21H,5-7,10H2,1-2H3,(H,22,23)/t14-/m0/s1. The highest BCUT2D eigenvalue weighted by atomic mass is 16.7. The zero-order valence-electron chi connectivity index (χ0n) is 15.2. The fourth-order valence-electron chi connectivity index (χ4n) is 3.81. The van der Waals surface area contributed by atoms with E-state index in [0.717, 1.165) is 30.0 Å². The first-order valence-corrected chi connectivity index (χ1v) is 8.75. The number of carbonyl (C=O) groups is 1. The average Bonchev–Trinajstić information content (AvgIpc) is 3.13. The van der Waals surface area contributed by atoms with Gasteiger partial charge in [-0.3, -0.25) is 0 Å². The molecule has 0 saturated heterocycles. The molecule has 2 aromatic rings. The third-order valence-corrected chi connectivity index (χ3v) is 5.06. The predicted octanol–water partition coefficient (Wildman–Crippen LogP) is 2.56. The predicted molar refractivity (Wildman–Crippen MR) is 97.2 cm³/mol. The van der Waals surface area contributed by atoms with Crippen LogP contribution in [0.5, 0.6) is 23.0 Å². The van der Waals surface area contributed by atoms with Crippen LogP contribution >= 0.6 is 0 Å². The molecular formula is C20H21NO6. The van der Waals surface area contributed by atoms with Crippen molar-refractivity contribution in [3.8, 4) is 23.0 Å². The number of aromatic carboxylic acids is 1. The maximum Gasteiger partial charge on any atom is 0.339 e. The summed E-state index contributed by atoms with van der Waals surface area (Å²) in [5, 5.41) is 13.2. The number of carboxylic acid groups (broad SMARTS) is 1. The molecule has 2 N–H and O–H groups in total. The molecule has 0 saturated carbocycles. The van der Waals surface area contributed by atoms with E-state index in [9.17, 15) is 9.90 Å². The minimum Gasteiger partial charge on any atom is -0.493 e. The van der Waals surface area contributed by atoms with Gasteiger partial charge in [-0.05, 0) is 54.3 Å². The third kappa shape index (κ3) is 3.04. The highest BCUT2D eigenvalue weighted by Crippen LogP contribution is 2.40. The molecular weight excluding hydrogens is 350 g/mol. The number of hydrogen-bond acceptors (Lipinski definition) is 6. The summed E-state index contributed by atoms with van der Waals surface area (Å²) < 4.78 is 21.6. The Bertz CT molecular complexity index is 895. The Balaban J connectivity index is 1.73. The highest BCUT2D eigenvalue weighted by molar-refractivity contribution is 5.94. The maximum absolute atomic E-state index is 11.9. The van der Waals surface area contributed by atoms with Gasteiger partial charge in [-0.15, -0.1) is 0 Å². The minimum atomic E-state index is -1.04. The topological polar surface area (TPSA) is 86.2 Å². The molecule has 27 heavy (non-hydrogen) atoms. The molecule has 0 aliphatic carbocycles. The van der Waals surface area contributed by atoms with E-state index < -0.39 is 5.97 Å². The number of fused-ring (bicyclic) bond motifs is 2. The van der Waals surface area contributed by atoms with Crippen LogP contribution in [0.15, 0.2) is 24.3 Å². The summed E-state index contributed by atoms with van der Waals surface area (Å²) in [4.78, 5) is 11.9. The highest BCUT2D eigenvalue weighted by Gasteiger charge is 2.28. The van der Waals surface area contributed by atoms with Crippen molar-refractivity contribution in [3.63, 3.8) is 0 Å². The second kappa shape index (κ2) is 7.00. The number of hydrogen-bond donors (Lipinski definition) is 2. The molecule has 0 spiro atoms. The first-order valence-electron chi connectivity index (χ1n) is 8.75. The summed E-state index contributed by atoms with van der Waals surface area (Å²) in [6.07, 6.45) is 1.40. The molecule has 4 rings (SSSR count). The van der Waals surface area contributed by atoms with Crippen molar-refractivity contribution in [2.75, 3.05) is 27.6 Å². The SMILES string of the molecule is COc1ccc(C[C@@H]2NCCc3cc4c(cc32)OCO4)c(C(=O)O)c1OC. The Labute approximate surface area is 156 Å². The normalized spacial score (nSPS) is 17.3. The molecule has 0 bridgehead atoms. The number of benzene rings is 2. The van der Waals surface area contributed by atoms with Gasteiger partial charge in [0.1, 0.15) is 5.56 Å². The Morgan fingerprint density at radius 2 is 2.00 bits per heavy atom. The van der Waals surface area contributed by atoms with Gasteiger partial charge in [0.05, 0.1) is 14.2 Å². The van der Waals surface area contributed by atoms with Gasteiger partial charge < -0.3 is 29.4 Å². The van der Waals surface area contributed by atoms with Crippen molar-refractivity contribution in [1.29, 1.82) is 0 Å².